The molecule has 1 saturated heterocycles. The zero-order valence-corrected chi connectivity index (χ0v) is 20.4. The van der Waals surface area contributed by atoms with E-state index < -0.39 is 12.2 Å². The molecule has 3 aliphatic rings. The molecule has 2 aliphatic heterocycles. The van der Waals surface area contributed by atoms with Crippen molar-refractivity contribution in [2.24, 2.45) is 5.92 Å². The third-order valence-electron chi connectivity index (χ3n) is 7.44. The average molecular weight is 504 g/mol. The van der Waals surface area contributed by atoms with Gasteiger partial charge >= 0.3 is 6.18 Å². The van der Waals surface area contributed by atoms with E-state index in [2.05, 4.69) is 26.6 Å². The first-order chi connectivity index (χ1) is 17.3. The summed E-state index contributed by atoms with van der Waals surface area (Å²) in [5, 5.41) is 6.10. The molecule has 2 N–H and O–H groups in total. The highest BCUT2D eigenvalue weighted by molar-refractivity contribution is 6.00. The molecule has 3 heterocycles. The lowest BCUT2D eigenvalue weighted by Crippen LogP contribution is -2.47. The lowest BCUT2D eigenvalue weighted by Gasteiger charge is -2.34. The standard InChI is InChI=1S/C26H32F3N5O2/c1-17(26(27,28)29)31-20-6-4-18(5-7-20)25(35)34-16-19-3-2-10-30-24(19)32-22-9-8-21(15-23(22)34)33-11-13-36-14-12-33/h2-3,8-10,15,17-18,20,31H,4-7,11-14,16H2,1H3,(H,30,32)/t17-,18-,20+/m1/s1. The number of alkyl halides is 3. The molecular formula is C26H32F3N5O2. The topological polar surface area (TPSA) is 69.7 Å². The first-order valence-electron chi connectivity index (χ1n) is 12.6. The van der Waals surface area contributed by atoms with Crippen LogP contribution in [0.4, 0.5) is 36.1 Å². The van der Waals surface area contributed by atoms with Crippen molar-refractivity contribution in [3.05, 3.63) is 42.1 Å². The Bertz CT molecular complexity index is 1080. The molecule has 194 valence electrons. The molecule has 10 heteroatoms. The van der Waals surface area contributed by atoms with E-state index in [9.17, 15) is 18.0 Å². The molecule has 1 aromatic carbocycles. The number of morpholine rings is 1. The monoisotopic (exact) mass is 503 g/mol. The van der Waals surface area contributed by atoms with E-state index in [1.54, 1.807) is 6.20 Å². The van der Waals surface area contributed by atoms with Crippen LogP contribution in [-0.4, -0.2) is 55.5 Å². The van der Waals surface area contributed by atoms with Crippen molar-refractivity contribution >= 4 is 28.8 Å². The number of amides is 1. The number of pyridine rings is 1. The quantitative estimate of drug-likeness (QED) is 0.635. The number of hydrogen-bond donors (Lipinski definition) is 2. The van der Waals surface area contributed by atoms with Gasteiger partial charge in [-0.25, -0.2) is 4.98 Å². The lowest BCUT2D eigenvalue weighted by molar-refractivity contribution is -0.154. The third kappa shape index (κ3) is 5.29. The van der Waals surface area contributed by atoms with E-state index in [1.165, 1.54) is 0 Å². The summed E-state index contributed by atoms with van der Waals surface area (Å²) in [5.74, 6) is 0.501. The molecule has 36 heavy (non-hydrogen) atoms. The number of anilines is 4. The minimum atomic E-state index is -4.27. The summed E-state index contributed by atoms with van der Waals surface area (Å²) < 4.78 is 44.4. The second-order valence-corrected chi connectivity index (χ2v) is 9.84. The predicted molar refractivity (Wildman–Crippen MR) is 133 cm³/mol. The van der Waals surface area contributed by atoms with Crippen molar-refractivity contribution in [1.29, 1.82) is 0 Å². The minimum Gasteiger partial charge on any atom is -0.378 e. The number of benzene rings is 1. The Morgan fingerprint density at radius 1 is 1.17 bits per heavy atom. The highest BCUT2D eigenvalue weighted by Crippen LogP contribution is 2.40. The maximum atomic E-state index is 13.9. The molecule has 0 spiro atoms. The zero-order valence-electron chi connectivity index (χ0n) is 20.4. The number of halogens is 3. The van der Waals surface area contributed by atoms with Crippen molar-refractivity contribution < 1.29 is 22.7 Å². The maximum absolute atomic E-state index is 13.9. The molecule has 2 fully saturated rings. The Balaban J connectivity index is 1.37. The van der Waals surface area contributed by atoms with E-state index in [4.69, 9.17) is 4.74 Å². The van der Waals surface area contributed by atoms with E-state index in [0.29, 0.717) is 45.4 Å². The summed E-state index contributed by atoms with van der Waals surface area (Å²) in [5.41, 5.74) is 3.56. The van der Waals surface area contributed by atoms with Gasteiger partial charge in [-0.1, -0.05) is 6.07 Å². The highest BCUT2D eigenvalue weighted by atomic mass is 19.4. The third-order valence-corrected chi connectivity index (χ3v) is 7.44. The summed E-state index contributed by atoms with van der Waals surface area (Å²) >= 11 is 0. The van der Waals surface area contributed by atoms with Crippen LogP contribution in [0.3, 0.4) is 0 Å². The van der Waals surface area contributed by atoms with Crippen molar-refractivity contribution in [2.45, 2.75) is 57.4 Å². The summed E-state index contributed by atoms with van der Waals surface area (Å²) in [6.07, 6.45) is -0.341. The smallest absolute Gasteiger partial charge is 0.378 e. The van der Waals surface area contributed by atoms with Crippen LogP contribution in [0.15, 0.2) is 36.5 Å². The van der Waals surface area contributed by atoms with Gasteiger partial charge in [0.2, 0.25) is 5.91 Å². The number of nitrogens with one attached hydrogen (secondary N) is 2. The fourth-order valence-corrected chi connectivity index (χ4v) is 5.30. The number of aromatic nitrogens is 1. The number of ether oxygens (including phenoxy) is 1. The number of carbonyl (C=O) groups is 1. The molecule has 1 aliphatic carbocycles. The Morgan fingerprint density at radius 3 is 2.64 bits per heavy atom. The highest BCUT2D eigenvalue weighted by Gasteiger charge is 2.39. The number of rotatable bonds is 4. The number of carbonyl (C=O) groups excluding carboxylic acids is 1. The van der Waals surface area contributed by atoms with Gasteiger partial charge in [-0.05, 0) is 56.9 Å². The number of nitrogens with zero attached hydrogens (tertiary/aromatic N) is 3. The fraction of sp³-hybridized carbons (Fsp3) is 0.538. The molecule has 1 atom stereocenters. The lowest BCUT2D eigenvalue weighted by atomic mass is 9.84. The van der Waals surface area contributed by atoms with Crippen LogP contribution in [0.2, 0.25) is 0 Å². The molecule has 1 saturated carbocycles. The van der Waals surface area contributed by atoms with Crippen molar-refractivity contribution in [2.75, 3.05) is 41.4 Å². The summed E-state index contributed by atoms with van der Waals surface area (Å²) in [6.45, 7) is 4.44. The first-order valence-corrected chi connectivity index (χ1v) is 12.6. The van der Waals surface area contributed by atoms with Crippen LogP contribution >= 0.6 is 0 Å². The molecule has 5 rings (SSSR count). The second-order valence-electron chi connectivity index (χ2n) is 9.84. The molecule has 2 aromatic rings. The van der Waals surface area contributed by atoms with E-state index in [1.807, 2.05) is 29.2 Å². The maximum Gasteiger partial charge on any atom is 0.403 e. The summed E-state index contributed by atoms with van der Waals surface area (Å²) in [7, 11) is 0. The van der Waals surface area contributed by atoms with Gasteiger partial charge in [0.25, 0.3) is 0 Å². The molecule has 0 radical (unpaired) electrons. The van der Waals surface area contributed by atoms with Gasteiger partial charge in [0.1, 0.15) is 11.9 Å². The van der Waals surface area contributed by atoms with Crippen LogP contribution in [0.25, 0.3) is 0 Å². The fourth-order valence-electron chi connectivity index (χ4n) is 5.30. The van der Waals surface area contributed by atoms with Gasteiger partial charge in [0.15, 0.2) is 0 Å². The van der Waals surface area contributed by atoms with Gasteiger partial charge in [-0.15, -0.1) is 0 Å². The Hall–Kier alpha value is -2.85. The van der Waals surface area contributed by atoms with E-state index in [0.717, 1.165) is 48.5 Å². The van der Waals surface area contributed by atoms with Gasteiger partial charge in [0, 0.05) is 42.5 Å². The molecule has 1 amide bonds. The van der Waals surface area contributed by atoms with Crippen LogP contribution in [-0.2, 0) is 16.1 Å². The zero-order chi connectivity index (χ0) is 25.3. The number of hydrogen-bond acceptors (Lipinski definition) is 6. The van der Waals surface area contributed by atoms with Gasteiger partial charge in [-0.2, -0.15) is 13.2 Å². The summed E-state index contributed by atoms with van der Waals surface area (Å²) in [6, 6.07) is 8.12. The molecule has 0 bridgehead atoms. The van der Waals surface area contributed by atoms with E-state index >= 15 is 0 Å². The average Bonchev–Trinajstić information content (AvgIpc) is 3.05. The molecule has 1 aromatic heterocycles. The van der Waals surface area contributed by atoms with Crippen molar-refractivity contribution in [3.63, 3.8) is 0 Å². The number of fused-ring (bicyclic) bond motifs is 2. The Labute approximate surface area is 209 Å². The van der Waals surface area contributed by atoms with Crippen LogP contribution in [0.5, 0.6) is 0 Å². The van der Waals surface area contributed by atoms with Gasteiger partial charge < -0.3 is 25.2 Å². The second kappa shape index (κ2) is 10.3. The minimum absolute atomic E-state index is 0.0104. The van der Waals surface area contributed by atoms with Crippen molar-refractivity contribution in [1.82, 2.24) is 10.3 Å². The van der Waals surface area contributed by atoms with Gasteiger partial charge in [-0.3, -0.25) is 4.79 Å². The predicted octanol–water partition coefficient (Wildman–Crippen LogP) is 4.61. The van der Waals surface area contributed by atoms with E-state index in [-0.39, 0.29) is 17.9 Å². The molecular weight excluding hydrogens is 471 g/mol. The normalized spacial score (nSPS) is 23.2. The molecule has 0 unspecified atom stereocenters. The van der Waals surface area contributed by atoms with Crippen LogP contribution < -0.4 is 20.4 Å². The summed E-state index contributed by atoms with van der Waals surface area (Å²) in [4.78, 5) is 22.5. The SMILES string of the molecule is C[C@@H](N[C@H]1CC[C@@H](C(=O)N2Cc3cccnc3Nc3ccc(N4CCOCC4)cc32)CC1)C(F)(F)F. The van der Waals surface area contributed by atoms with Crippen molar-refractivity contribution in [3.8, 4) is 0 Å². The van der Waals surface area contributed by atoms with Gasteiger partial charge in [0.05, 0.1) is 31.1 Å². The molecule has 7 nitrogen and oxygen atoms in total. The van der Waals surface area contributed by atoms with Crippen LogP contribution in [0.1, 0.15) is 38.2 Å². The van der Waals surface area contributed by atoms with Crippen LogP contribution in [0, 0.1) is 5.92 Å². The Kier molecular flexibility index (Phi) is 7.07. The first kappa shape index (κ1) is 24.8. The largest absolute Gasteiger partial charge is 0.403 e. The Morgan fingerprint density at radius 2 is 1.92 bits per heavy atom.